The van der Waals surface area contributed by atoms with Gasteiger partial charge in [-0.25, -0.2) is 14.5 Å². The van der Waals surface area contributed by atoms with Crippen LogP contribution >= 0.6 is 0 Å². The Kier molecular flexibility index (Phi) is 4.75. The molecule has 9 heteroatoms. The van der Waals surface area contributed by atoms with Gasteiger partial charge in [-0.15, -0.1) is 0 Å². The van der Waals surface area contributed by atoms with E-state index in [1.165, 1.54) is 18.4 Å². The molecule has 0 spiro atoms. The Bertz CT molecular complexity index is 1480. The topological polar surface area (TPSA) is 90.7 Å². The van der Waals surface area contributed by atoms with Gasteiger partial charge in [-0.1, -0.05) is 6.07 Å². The highest BCUT2D eigenvalue weighted by Crippen LogP contribution is 2.36. The van der Waals surface area contributed by atoms with Crippen LogP contribution in [0.1, 0.15) is 36.2 Å². The lowest BCUT2D eigenvalue weighted by Gasteiger charge is -2.37. The first-order valence-electron chi connectivity index (χ1n) is 12.5. The molecular weight excluding hydrogens is 452 g/mol. The summed E-state index contributed by atoms with van der Waals surface area (Å²) in [6.45, 7) is 7.39. The molecule has 2 aromatic heterocycles. The Morgan fingerprint density at radius 1 is 1.06 bits per heavy atom. The van der Waals surface area contributed by atoms with Crippen molar-refractivity contribution in [2.24, 2.45) is 0 Å². The third-order valence-corrected chi connectivity index (χ3v) is 7.80. The first kappa shape index (κ1) is 21.3. The molecule has 2 saturated heterocycles. The maximum absolute atomic E-state index is 11.9. The van der Waals surface area contributed by atoms with Crippen molar-refractivity contribution in [3.05, 3.63) is 66.1 Å². The number of aromatic nitrogens is 4. The summed E-state index contributed by atoms with van der Waals surface area (Å²) >= 11 is 0. The van der Waals surface area contributed by atoms with E-state index < -0.39 is 0 Å². The molecule has 2 N–H and O–H groups in total. The second kappa shape index (κ2) is 8.03. The number of piperazine rings is 1. The highest BCUT2D eigenvalue weighted by Gasteiger charge is 2.43. The fraction of sp³-hybridized carbons (Fsp3) is 0.333. The second-order valence-corrected chi connectivity index (χ2v) is 10.2. The molecule has 0 unspecified atom stereocenters. The van der Waals surface area contributed by atoms with Gasteiger partial charge in [-0.2, -0.15) is 5.10 Å². The SMILES string of the molecule is CC(C)N1C[C@@H]2C[C@@H]1CN2c1ccc(Nc2ncc(-c3ccc4c(c3)CNC4=O)n3ncnc23)cc1. The number of likely N-dealkylation sites (tertiary alicyclic amines) is 1. The summed E-state index contributed by atoms with van der Waals surface area (Å²) in [6.07, 6.45) is 4.60. The lowest BCUT2D eigenvalue weighted by Crippen LogP contribution is -2.48. The van der Waals surface area contributed by atoms with E-state index in [1.54, 1.807) is 10.7 Å². The summed E-state index contributed by atoms with van der Waals surface area (Å²) < 4.78 is 1.79. The highest BCUT2D eigenvalue weighted by molar-refractivity contribution is 5.98. The van der Waals surface area contributed by atoms with Crippen LogP contribution in [0.5, 0.6) is 0 Å². The zero-order valence-electron chi connectivity index (χ0n) is 20.3. The summed E-state index contributed by atoms with van der Waals surface area (Å²) in [6, 6.07) is 16.3. The minimum Gasteiger partial charge on any atom is -0.366 e. The van der Waals surface area contributed by atoms with E-state index in [9.17, 15) is 4.79 Å². The maximum atomic E-state index is 11.9. The van der Waals surface area contributed by atoms with Gasteiger partial charge in [0.15, 0.2) is 11.5 Å². The van der Waals surface area contributed by atoms with E-state index in [0.29, 0.717) is 36.1 Å². The van der Waals surface area contributed by atoms with Crippen molar-refractivity contribution in [1.82, 2.24) is 29.8 Å². The van der Waals surface area contributed by atoms with Crippen LogP contribution in [0.2, 0.25) is 0 Å². The predicted molar refractivity (Wildman–Crippen MR) is 138 cm³/mol. The average Bonchev–Trinajstić information content (AvgIpc) is 3.68. The van der Waals surface area contributed by atoms with Crippen molar-refractivity contribution in [1.29, 1.82) is 0 Å². The van der Waals surface area contributed by atoms with Crippen LogP contribution in [-0.4, -0.2) is 61.6 Å². The van der Waals surface area contributed by atoms with Gasteiger partial charge in [0.2, 0.25) is 0 Å². The number of hydrogen-bond acceptors (Lipinski definition) is 7. The predicted octanol–water partition coefficient (Wildman–Crippen LogP) is 3.45. The Morgan fingerprint density at radius 3 is 2.69 bits per heavy atom. The Hall–Kier alpha value is -3.98. The number of nitrogens with zero attached hydrogens (tertiary/aromatic N) is 6. The fourth-order valence-electron chi connectivity index (χ4n) is 6.01. The molecule has 7 rings (SSSR count). The number of carbonyl (C=O) groups excluding carboxylic acids is 1. The molecule has 4 aromatic rings. The number of hydrogen-bond donors (Lipinski definition) is 2. The van der Waals surface area contributed by atoms with Gasteiger partial charge in [-0.05, 0) is 62.2 Å². The zero-order valence-corrected chi connectivity index (χ0v) is 20.3. The van der Waals surface area contributed by atoms with E-state index in [4.69, 9.17) is 0 Å². The summed E-state index contributed by atoms with van der Waals surface area (Å²) in [5.41, 5.74) is 6.36. The second-order valence-electron chi connectivity index (χ2n) is 10.2. The number of amides is 1. The molecule has 5 heterocycles. The molecule has 2 atom stereocenters. The normalized spacial score (nSPS) is 21.0. The minimum absolute atomic E-state index is 0.0269. The Labute approximate surface area is 209 Å². The third kappa shape index (κ3) is 3.34. The molecule has 1 amide bonds. The van der Waals surface area contributed by atoms with Crippen LogP contribution in [0.15, 0.2) is 55.0 Å². The van der Waals surface area contributed by atoms with Crippen molar-refractivity contribution in [3.63, 3.8) is 0 Å². The van der Waals surface area contributed by atoms with Gasteiger partial charge in [-0.3, -0.25) is 9.69 Å². The quantitative estimate of drug-likeness (QED) is 0.452. The molecule has 3 aliphatic rings. The third-order valence-electron chi connectivity index (χ3n) is 7.80. The lowest BCUT2D eigenvalue weighted by atomic mass is 10.0. The maximum Gasteiger partial charge on any atom is 0.251 e. The number of fused-ring (bicyclic) bond motifs is 4. The number of carbonyl (C=O) groups is 1. The van der Waals surface area contributed by atoms with Crippen LogP contribution in [0.4, 0.5) is 17.2 Å². The van der Waals surface area contributed by atoms with Crippen LogP contribution in [0, 0.1) is 0 Å². The van der Waals surface area contributed by atoms with E-state index in [-0.39, 0.29) is 5.91 Å². The summed E-state index contributed by atoms with van der Waals surface area (Å²) in [7, 11) is 0. The average molecular weight is 481 g/mol. The van der Waals surface area contributed by atoms with E-state index >= 15 is 0 Å². The van der Waals surface area contributed by atoms with Gasteiger partial charge in [0, 0.05) is 60.3 Å². The number of anilines is 3. The van der Waals surface area contributed by atoms with Crippen LogP contribution in [-0.2, 0) is 6.54 Å². The first-order chi connectivity index (χ1) is 17.5. The van der Waals surface area contributed by atoms with Crippen molar-refractivity contribution in [3.8, 4) is 11.3 Å². The first-order valence-corrected chi connectivity index (χ1v) is 12.5. The molecule has 0 saturated carbocycles. The van der Waals surface area contributed by atoms with E-state index in [2.05, 4.69) is 73.6 Å². The molecule has 2 bridgehead atoms. The standard InChI is InChI=1S/C27H28N8O/c1-16(2)33-13-22-10-21(33)14-34(22)20-6-4-19(5-7-20)32-25-26-30-15-31-35(26)24(12-28-25)17-3-8-23-18(9-17)11-29-27(23)36/h3-9,12,15-16,21-22H,10-11,13-14H2,1-2H3,(H,28,32)(H,29,36)/t21-,22+/m1/s1. The summed E-state index contributed by atoms with van der Waals surface area (Å²) in [4.78, 5) is 26.2. The van der Waals surface area contributed by atoms with Gasteiger partial charge >= 0.3 is 0 Å². The molecule has 182 valence electrons. The summed E-state index contributed by atoms with van der Waals surface area (Å²) in [5.74, 6) is 0.621. The molecule has 2 fully saturated rings. The smallest absolute Gasteiger partial charge is 0.251 e. The van der Waals surface area contributed by atoms with Crippen LogP contribution in [0.3, 0.4) is 0 Å². The van der Waals surface area contributed by atoms with Crippen molar-refractivity contribution in [2.75, 3.05) is 23.3 Å². The molecule has 3 aliphatic heterocycles. The summed E-state index contributed by atoms with van der Waals surface area (Å²) in [5, 5.41) is 10.7. The molecule has 9 nitrogen and oxygen atoms in total. The van der Waals surface area contributed by atoms with Crippen LogP contribution < -0.4 is 15.5 Å². The molecule has 0 aliphatic carbocycles. The Balaban J connectivity index is 1.12. The van der Waals surface area contributed by atoms with E-state index in [0.717, 1.165) is 41.2 Å². The minimum atomic E-state index is -0.0269. The molecule has 36 heavy (non-hydrogen) atoms. The largest absolute Gasteiger partial charge is 0.366 e. The molecule has 2 aromatic carbocycles. The van der Waals surface area contributed by atoms with Crippen molar-refractivity contribution in [2.45, 2.75) is 44.9 Å². The van der Waals surface area contributed by atoms with Gasteiger partial charge in [0.25, 0.3) is 5.91 Å². The lowest BCUT2D eigenvalue weighted by molar-refractivity contribution is 0.0965. The molecule has 0 radical (unpaired) electrons. The van der Waals surface area contributed by atoms with Gasteiger partial charge in [0.1, 0.15) is 6.33 Å². The fourth-order valence-corrected chi connectivity index (χ4v) is 6.01. The molecular formula is C27H28N8O. The number of rotatable bonds is 5. The van der Waals surface area contributed by atoms with E-state index in [1.807, 2.05) is 18.2 Å². The monoisotopic (exact) mass is 480 g/mol. The number of benzene rings is 2. The van der Waals surface area contributed by atoms with Crippen molar-refractivity contribution >= 4 is 28.7 Å². The van der Waals surface area contributed by atoms with Crippen LogP contribution in [0.25, 0.3) is 16.9 Å². The highest BCUT2D eigenvalue weighted by atomic mass is 16.1. The zero-order chi connectivity index (χ0) is 24.4. The van der Waals surface area contributed by atoms with Gasteiger partial charge in [0.05, 0.1) is 11.9 Å². The van der Waals surface area contributed by atoms with Crippen molar-refractivity contribution < 1.29 is 4.79 Å². The Morgan fingerprint density at radius 2 is 1.92 bits per heavy atom. The number of nitrogens with one attached hydrogen (secondary N) is 2. The van der Waals surface area contributed by atoms with Gasteiger partial charge < -0.3 is 15.5 Å².